The minimum atomic E-state index is -0.235. The fraction of sp³-hybridized carbons (Fsp3) is 0.421. The quantitative estimate of drug-likeness (QED) is 0.725. The Morgan fingerprint density at radius 3 is 2.48 bits per heavy atom. The molecule has 2 heterocycles. The Hall–Kier alpha value is -2.08. The lowest BCUT2D eigenvalue weighted by Gasteiger charge is -2.20. The van der Waals surface area contributed by atoms with E-state index in [1.54, 1.807) is 0 Å². The van der Waals surface area contributed by atoms with E-state index in [1.165, 1.54) is 28.3 Å². The number of benzene rings is 1. The molecule has 0 unspecified atom stereocenters. The summed E-state index contributed by atoms with van der Waals surface area (Å²) < 4.78 is 2.09. The van der Waals surface area contributed by atoms with E-state index < -0.39 is 0 Å². The molecule has 1 N–H and O–H groups in total. The molecule has 0 fully saturated rings. The second-order valence-corrected chi connectivity index (χ2v) is 8.46. The van der Waals surface area contributed by atoms with Crippen LogP contribution in [0, 0.1) is 20.8 Å². The number of fused-ring (bicyclic) bond motifs is 3. The van der Waals surface area contributed by atoms with E-state index >= 15 is 0 Å². The second-order valence-electron chi connectivity index (χ2n) is 7.52. The van der Waals surface area contributed by atoms with Gasteiger partial charge in [-0.15, -0.1) is 10.2 Å². The summed E-state index contributed by atoms with van der Waals surface area (Å²) in [6, 6.07) is 6.42. The molecule has 0 saturated heterocycles. The van der Waals surface area contributed by atoms with Crippen molar-refractivity contribution in [3.63, 3.8) is 0 Å². The number of aryl methyl sites for hydroxylation is 3. The maximum atomic E-state index is 12.2. The average molecular weight is 356 g/mol. The Morgan fingerprint density at radius 2 is 1.80 bits per heavy atom. The van der Waals surface area contributed by atoms with Gasteiger partial charge in [-0.05, 0) is 64.3 Å². The van der Waals surface area contributed by atoms with Crippen LogP contribution in [-0.4, -0.2) is 31.8 Å². The van der Waals surface area contributed by atoms with Gasteiger partial charge >= 0.3 is 0 Å². The molecule has 3 aromatic rings. The van der Waals surface area contributed by atoms with Gasteiger partial charge in [0, 0.05) is 10.9 Å². The van der Waals surface area contributed by atoms with Crippen molar-refractivity contribution in [1.82, 2.24) is 19.9 Å². The first-order valence-corrected chi connectivity index (χ1v) is 9.34. The molecule has 0 spiro atoms. The minimum absolute atomic E-state index is 0.000823. The lowest BCUT2D eigenvalue weighted by molar-refractivity contribution is -0.119. The number of hydrogen-bond acceptors (Lipinski definition) is 4. The Balaban J connectivity index is 2.05. The van der Waals surface area contributed by atoms with Crippen LogP contribution in [0.3, 0.4) is 0 Å². The minimum Gasteiger partial charge on any atom is -0.351 e. The first kappa shape index (κ1) is 17.7. The van der Waals surface area contributed by atoms with E-state index in [1.807, 2.05) is 27.7 Å². The summed E-state index contributed by atoms with van der Waals surface area (Å²) in [5.74, 6) is 0.317. The molecule has 132 valence electrons. The van der Waals surface area contributed by atoms with Crippen LogP contribution >= 0.6 is 11.8 Å². The maximum absolute atomic E-state index is 12.2. The summed E-state index contributed by atoms with van der Waals surface area (Å²) in [7, 11) is 0. The highest BCUT2D eigenvalue weighted by atomic mass is 32.2. The summed E-state index contributed by atoms with van der Waals surface area (Å²) in [5.41, 5.74) is 5.21. The third kappa shape index (κ3) is 3.49. The molecule has 0 aliphatic heterocycles. The molecule has 0 saturated carbocycles. The van der Waals surface area contributed by atoms with Gasteiger partial charge in [-0.25, -0.2) is 0 Å². The highest BCUT2D eigenvalue weighted by molar-refractivity contribution is 7.99. The Labute approximate surface area is 152 Å². The van der Waals surface area contributed by atoms with E-state index in [0.29, 0.717) is 5.75 Å². The fourth-order valence-corrected chi connectivity index (χ4v) is 3.72. The van der Waals surface area contributed by atoms with Gasteiger partial charge in [0.1, 0.15) is 0 Å². The van der Waals surface area contributed by atoms with Crippen molar-refractivity contribution in [3.05, 3.63) is 34.9 Å². The van der Waals surface area contributed by atoms with Crippen LogP contribution in [0.5, 0.6) is 0 Å². The van der Waals surface area contributed by atoms with Gasteiger partial charge in [0.05, 0.1) is 11.3 Å². The van der Waals surface area contributed by atoms with Gasteiger partial charge in [0.15, 0.2) is 10.8 Å². The number of carbonyl (C=O) groups excluding carboxylic acids is 1. The number of aromatic nitrogens is 3. The molecular formula is C19H24N4OS. The van der Waals surface area contributed by atoms with E-state index in [2.05, 4.69) is 52.0 Å². The number of hydrogen-bond donors (Lipinski definition) is 1. The number of pyridine rings is 1. The topological polar surface area (TPSA) is 59.3 Å². The molecule has 3 rings (SSSR count). The van der Waals surface area contributed by atoms with Crippen LogP contribution in [0.15, 0.2) is 23.4 Å². The van der Waals surface area contributed by atoms with Gasteiger partial charge in [-0.2, -0.15) is 0 Å². The van der Waals surface area contributed by atoms with Crippen molar-refractivity contribution in [2.45, 2.75) is 52.2 Å². The number of thioether (sulfide) groups is 1. The molecule has 2 aromatic heterocycles. The lowest BCUT2D eigenvalue weighted by Crippen LogP contribution is -2.41. The summed E-state index contributed by atoms with van der Waals surface area (Å²) in [4.78, 5) is 12.2. The third-order valence-electron chi connectivity index (χ3n) is 4.05. The van der Waals surface area contributed by atoms with Crippen molar-refractivity contribution in [1.29, 1.82) is 0 Å². The number of rotatable bonds is 3. The summed E-state index contributed by atoms with van der Waals surface area (Å²) >= 11 is 1.42. The predicted molar refractivity (Wildman–Crippen MR) is 103 cm³/mol. The smallest absolute Gasteiger partial charge is 0.230 e. The maximum Gasteiger partial charge on any atom is 0.230 e. The molecule has 0 aliphatic carbocycles. The average Bonchev–Trinajstić information content (AvgIpc) is 2.92. The number of amides is 1. The van der Waals surface area contributed by atoms with E-state index in [0.717, 1.165) is 21.9 Å². The Morgan fingerprint density at radius 1 is 1.12 bits per heavy atom. The number of nitrogens with zero attached hydrogens (tertiary/aromatic N) is 3. The Bertz CT molecular complexity index is 969. The van der Waals surface area contributed by atoms with Crippen molar-refractivity contribution in [2.24, 2.45) is 0 Å². The van der Waals surface area contributed by atoms with Gasteiger partial charge < -0.3 is 5.32 Å². The number of nitrogens with one attached hydrogen (secondary N) is 1. The molecular weight excluding hydrogens is 332 g/mol. The van der Waals surface area contributed by atoms with Crippen LogP contribution in [0.2, 0.25) is 0 Å². The molecule has 0 aliphatic rings. The van der Waals surface area contributed by atoms with Crippen molar-refractivity contribution in [2.75, 3.05) is 5.75 Å². The van der Waals surface area contributed by atoms with E-state index in [-0.39, 0.29) is 11.4 Å². The van der Waals surface area contributed by atoms with Gasteiger partial charge in [-0.1, -0.05) is 23.9 Å². The molecule has 0 radical (unpaired) electrons. The SMILES string of the molecule is Cc1ccc(C)c2c1cc(C)c1nnc(SCC(=O)NC(C)(C)C)n12. The van der Waals surface area contributed by atoms with Gasteiger partial charge in [0.2, 0.25) is 5.91 Å². The van der Waals surface area contributed by atoms with Crippen LogP contribution in [-0.2, 0) is 4.79 Å². The normalized spacial score (nSPS) is 12.1. The first-order chi connectivity index (χ1) is 11.7. The summed E-state index contributed by atoms with van der Waals surface area (Å²) in [6.45, 7) is 12.2. The van der Waals surface area contributed by atoms with Crippen molar-refractivity contribution >= 4 is 34.2 Å². The van der Waals surface area contributed by atoms with Crippen LogP contribution < -0.4 is 5.32 Å². The molecule has 6 heteroatoms. The standard InChI is InChI=1S/C19H24N4OS/c1-11-7-8-12(2)16-14(11)9-13(3)17-21-22-18(23(16)17)25-10-15(24)20-19(4,5)6/h7-9H,10H2,1-6H3,(H,20,24). The monoisotopic (exact) mass is 356 g/mol. The third-order valence-corrected chi connectivity index (χ3v) is 4.98. The zero-order chi connectivity index (χ0) is 18.4. The van der Waals surface area contributed by atoms with E-state index in [4.69, 9.17) is 0 Å². The Kier molecular flexibility index (Phi) is 4.49. The highest BCUT2D eigenvalue weighted by Crippen LogP contribution is 2.29. The molecule has 0 bridgehead atoms. The molecule has 25 heavy (non-hydrogen) atoms. The van der Waals surface area contributed by atoms with Crippen LogP contribution in [0.4, 0.5) is 0 Å². The van der Waals surface area contributed by atoms with E-state index in [9.17, 15) is 4.79 Å². The molecule has 0 atom stereocenters. The van der Waals surface area contributed by atoms with Crippen molar-refractivity contribution in [3.8, 4) is 0 Å². The predicted octanol–water partition coefficient (Wildman–Crippen LogP) is 3.81. The molecule has 1 amide bonds. The summed E-state index contributed by atoms with van der Waals surface area (Å²) in [5, 5.41) is 13.6. The fourth-order valence-electron chi connectivity index (χ4n) is 2.98. The first-order valence-electron chi connectivity index (χ1n) is 8.36. The largest absolute Gasteiger partial charge is 0.351 e. The van der Waals surface area contributed by atoms with Gasteiger partial charge in [0.25, 0.3) is 0 Å². The second kappa shape index (κ2) is 6.33. The van der Waals surface area contributed by atoms with Crippen molar-refractivity contribution < 1.29 is 4.79 Å². The zero-order valence-corrected chi connectivity index (χ0v) is 16.4. The van der Waals surface area contributed by atoms with Crippen LogP contribution in [0.1, 0.15) is 37.5 Å². The molecule has 5 nitrogen and oxygen atoms in total. The molecule has 1 aromatic carbocycles. The highest BCUT2D eigenvalue weighted by Gasteiger charge is 2.18. The number of carbonyl (C=O) groups is 1. The summed E-state index contributed by atoms with van der Waals surface area (Å²) in [6.07, 6.45) is 0. The lowest BCUT2D eigenvalue weighted by atomic mass is 10.0. The van der Waals surface area contributed by atoms with Crippen LogP contribution in [0.25, 0.3) is 16.6 Å². The zero-order valence-electron chi connectivity index (χ0n) is 15.6. The van der Waals surface area contributed by atoms with Gasteiger partial charge in [-0.3, -0.25) is 9.20 Å².